The van der Waals surface area contributed by atoms with Gasteiger partial charge in [-0.3, -0.25) is 28.8 Å². The van der Waals surface area contributed by atoms with Crippen LogP contribution in [0.1, 0.15) is 98.8 Å². The van der Waals surface area contributed by atoms with E-state index in [9.17, 15) is 28.8 Å². The van der Waals surface area contributed by atoms with Gasteiger partial charge >= 0.3 is 5.97 Å². The van der Waals surface area contributed by atoms with Crippen molar-refractivity contribution in [2.45, 2.75) is 123 Å². The number of hydrogen-bond donors (Lipinski definition) is 5. The minimum Gasteiger partial charge on any atom is -1.00 e. The fourth-order valence-corrected chi connectivity index (χ4v) is 6.20. The number of nitrogens with two attached hydrogens (primary N) is 1. The molecule has 0 saturated heterocycles. The number of nitrogens with zero attached hydrogens (tertiary/aromatic N) is 1. The summed E-state index contributed by atoms with van der Waals surface area (Å²) in [7, 11) is 6.15. The number of hydrogen-bond acceptors (Lipinski definition) is 8. The van der Waals surface area contributed by atoms with Crippen LogP contribution in [-0.4, -0.2) is 104 Å². The molecule has 0 bridgehead atoms. The van der Waals surface area contributed by atoms with E-state index in [0.717, 1.165) is 45.1 Å². The Morgan fingerprint density at radius 2 is 1.63 bits per heavy atom. The van der Waals surface area contributed by atoms with Crippen LogP contribution < -0.4 is 39.4 Å². The van der Waals surface area contributed by atoms with Crippen LogP contribution in [-0.2, 0) is 33.5 Å². The van der Waals surface area contributed by atoms with E-state index in [0.29, 0.717) is 28.9 Å². The van der Waals surface area contributed by atoms with Crippen LogP contribution >= 0.6 is 0 Å². The quantitative estimate of drug-likeness (QED) is 0.0660. The molecule has 1 fully saturated rings. The molecule has 2 aliphatic carbocycles. The van der Waals surface area contributed by atoms with Gasteiger partial charge in [0.25, 0.3) is 0 Å². The maximum Gasteiger partial charge on any atom is 0.321 e. The summed E-state index contributed by atoms with van der Waals surface area (Å²) in [5.74, 6) is -3.13. The van der Waals surface area contributed by atoms with E-state index in [1.54, 1.807) is 26.8 Å². The number of amides is 4. The zero-order valence-electron chi connectivity index (χ0n) is 32.6. The van der Waals surface area contributed by atoms with Gasteiger partial charge in [-0.05, 0) is 63.5 Å². The molecule has 1 saturated carbocycles. The summed E-state index contributed by atoms with van der Waals surface area (Å²) in [5, 5.41) is 11.5. The highest BCUT2D eigenvalue weighted by Crippen LogP contribution is 2.28. The average molecular weight is 753 g/mol. The van der Waals surface area contributed by atoms with Crippen LogP contribution in [0.3, 0.4) is 0 Å². The van der Waals surface area contributed by atoms with Gasteiger partial charge in [-0.25, -0.2) is 0 Å². The van der Waals surface area contributed by atoms with Crippen LogP contribution in [0.2, 0.25) is 0 Å². The molecule has 0 spiro atoms. The van der Waals surface area contributed by atoms with E-state index in [4.69, 9.17) is 10.5 Å². The Morgan fingerprint density at radius 1 is 0.981 bits per heavy atom. The van der Waals surface area contributed by atoms with E-state index in [2.05, 4.69) is 42.4 Å². The van der Waals surface area contributed by atoms with Crippen molar-refractivity contribution in [3.63, 3.8) is 0 Å². The SMILES string of the molecule is CC[C@H](C)[C@H](NC(=O)CC[C@@H](CC1CCCCC1)NC(=O)CNC(=O)C(N)CC1=CC(=O)C(C(=O)OC(C)(C)C)C=C1)C(=O)NCC[N+](C)(C)C.[Cl-]. The van der Waals surface area contributed by atoms with E-state index in [1.165, 1.54) is 18.6 Å². The first kappa shape index (κ1) is 46.7. The lowest BCUT2D eigenvalue weighted by molar-refractivity contribution is -0.869. The molecule has 0 aromatic carbocycles. The number of ether oxygens (including phenoxy) is 1. The topological polar surface area (TPSA) is 186 Å². The molecule has 13 nitrogen and oxygen atoms in total. The Bertz CT molecular complexity index is 1280. The highest BCUT2D eigenvalue weighted by Gasteiger charge is 2.31. The van der Waals surface area contributed by atoms with Crippen LogP contribution in [0.25, 0.3) is 0 Å². The second kappa shape index (κ2) is 22.0. The van der Waals surface area contributed by atoms with E-state index < -0.39 is 47.2 Å². The lowest BCUT2D eigenvalue weighted by atomic mass is 9.84. The Labute approximate surface area is 317 Å². The number of rotatable bonds is 19. The molecule has 0 radical (unpaired) electrons. The van der Waals surface area contributed by atoms with E-state index in [-0.39, 0.29) is 55.6 Å². The summed E-state index contributed by atoms with van der Waals surface area (Å²) in [6, 6.07) is -1.95. The van der Waals surface area contributed by atoms with Gasteiger partial charge in [0.05, 0.1) is 46.8 Å². The predicted molar refractivity (Wildman–Crippen MR) is 197 cm³/mol. The monoisotopic (exact) mass is 752 g/mol. The van der Waals surface area contributed by atoms with Gasteiger partial charge in [-0.15, -0.1) is 0 Å². The third-order valence-electron chi connectivity index (χ3n) is 9.33. The molecule has 6 N–H and O–H groups in total. The maximum atomic E-state index is 13.1. The molecule has 0 aromatic rings. The number of esters is 1. The molecular weight excluding hydrogens is 688 g/mol. The van der Waals surface area contributed by atoms with Crippen molar-refractivity contribution in [1.82, 2.24) is 21.3 Å². The van der Waals surface area contributed by atoms with Crippen molar-refractivity contribution < 1.29 is 50.4 Å². The smallest absolute Gasteiger partial charge is 0.321 e. The normalized spacial score (nSPS) is 18.8. The number of carbonyl (C=O) groups is 6. The summed E-state index contributed by atoms with van der Waals surface area (Å²) in [6.45, 7) is 10.1. The van der Waals surface area contributed by atoms with E-state index in [1.807, 2.05) is 13.8 Å². The number of likely N-dealkylation sites (N-methyl/N-ethyl adjacent to an activating group) is 1. The summed E-state index contributed by atoms with van der Waals surface area (Å²) in [4.78, 5) is 76.9. The molecule has 5 atom stereocenters. The number of carbonyl (C=O) groups excluding carboxylic acids is 6. The summed E-state index contributed by atoms with van der Waals surface area (Å²) < 4.78 is 6.02. The van der Waals surface area contributed by atoms with Gasteiger partial charge in [0.1, 0.15) is 17.6 Å². The molecule has 2 unspecified atom stereocenters. The summed E-state index contributed by atoms with van der Waals surface area (Å²) >= 11 is 0. The third kappa shape index (κ3) is 18.0. The van der Waals surface area contributed by atoms with Crippen LogP contribution in [0.4, 0.5) is 0 Å². The fraction of sp³-hybridized carbons (Fsp3) is 0.737. The van der Waals surface area contributed by atoms with Gasteiger partial charge in [0, 0.05) is 12.5 Å². The zero-order valence-corrected chi connectivity index (χ0v) is 33.4. The molecule has 4 amide bonds. The molecule has 14 heteroatoms. The lowest BCUT2D eigenvalue weighted by Crippen LogP contribution is -3.00. The Hall–Kier alpha value is -3.29. The van der Waals surface area contributed by atoms with Crippen molar-refractivity contribution in [3.8, 4) is 0 Å². The fourth-order valence-electron chi connectivity index (χ4n) is 6.20. The standard InChI is InChI=1S/C38H64N6O7.ClH/c1-9-25(2)34(36(49)40-19-20-44(6,7)8)43-32(46)18-16-28(21-26-13-11-10-12-14-26)42-33(47)24-41-35(48)30(39)22-27-15-17-29(31(45)23-27)37(50)51-38(3,4)5;/h15,17,23,25-26,28-30,34H,9-14,16,18-22,24,39H2,1-8H3,(H3-,40,41,42,43,46,47,48,49);1H/t25-,28-,29?,30?,34-;/m0./s1. The highest BCUT2D eigenvalue weighted by molar-refractivity contribution is 6.08. The van der Waals surface area contributed by atoms with Gasteiger partial charge in [0.15, 0.2) is 5.78 Å². The Morgan fingerprint density at radius 3 is 2.21 bits per heavy atom. The average Bonchev–Trinajstić information content (AvgIpc) is 3.03. The molecule has 0 aliphatic heterocycles. The summed E-state index contributed by atoms with van der Waals surface area (Å²) in [5.41, 5.74) is 5.87. The van der Waals surface area contributed by atoms with E-state index >= 15 is 0 Å². The van der Waals surface area contributed by atoms with Crippen molar-refractivity contribution in [2.24, 2.45) is 23.5 Å². The van der Waals surface area contributed by atoms with Crippen molar-refractivity contribution in [3.05, 3.63) is 23.8 Å². The lowest BCUT2D eigenvalue weighted by Gasteiger charge is -2.28. The first-order chi connectivity index (χ1) is 23.8. The first-order valence-electron chi connectivity index (χ1n) is 18.6. The zero-order chi connectivity index (χ0) is 38.4. The van der Waals surface area contributed by atoms with Gasteiger partial charge in [0.2, 0.25) is 23.6 Å². The Balaban J connectivity index is 0.0000135. The maximum absolute atomic E-state index is 13.1. The first-order valence-corrected chi connectivity index (χ1v) is 18.6. The van der Waals surface area contributed by atoms with Crippen molar-refractivity contribution >= 4 is 35.4 Å². The molecule has 52 heavy (non-hydrogen) atoms. The van der Waals surface area contributed by atoms with Crippen LogP contribution in [0.5, 0.6) is 0 Å². The highest BCUT2D eigenvalue weighted by atomic mass is 35.5. The van der Waals surface area contributed by atoms with Gasteiger partial charge < -0.3 is 48.6 Å². The molecular formula is C38H65ClN6O7. The number of nitrogens with one attached hydrogen (secondary N) is 4. The minimum absolute atomic E-state index is 0. The second-order valence-corrected chi connectivity index (χ2v) is 16.3. The van der Waals surface area contributed by atoms with Gasteiger partial charge in [-0.2, -0.15) is 0 Å². The Kier molecular flexibility index (Phi) is 19.8. The molecule has 296 valence electrons. The molecule has 0 aromatic heterocycles. The third-order valence-corrected chi connectivity index (χ3v) is 9.33. The molecule has 2 rings (SSSR count). The van der Waals surface area contributed by atoms with Crippen molar-refractivity contribution in [2.75, 3.05) is 40.8 Å². The number of ketones is 1. The van der Waals surface area contributed by atoms with Crippen LogP contribution in [0, 0.1) is 17.8 Å². The molecule has 2 aliphatic rings. The largest absolute Gasteiger partial charge is 1.00 e. The van der Waals surface area contributed by atoms with Crippen LogP contribution in [0.15, 0.2) is 23.8 Å². The number of halogens is 1. The second-order valence-electron chi connectivity index (χ2n) is 16.3. The van der Waals surface area contributed by atoms with Gasteiger partial charge in [-0.1, -0.05) is 64.5 Å². The molecule has 0 heterocycles. The summed E-state index contributed by atoms with van der Waals surface area (Å²) in [6.07, 6.45) is 12.0. The predicted octanol–water partition coefficient (Wildman–Crippen LogP) is -0.564. The number of quaternary nitrogens is 1. The number of allylic oxidation sites excluding steroid dienone is 2. The minimum atomic E-state index is -1.04. The van der Waals surface area contributed by atoms with Crippen molar-refractivity contribution in [1.29, 1.82) is 0 Å².